The lowest BCUT2D eigenvalue weighted by Gasteiger charge is -2.14. The topological polar surface area (TPSA) is 114 Å². The number of nitrogen functional groups attached to an aromatic ring is 1. The van der Waals surface area contributed by atoms with Gasteiger partial charge in [-0.2, -0.15) is 5.10 Å². The van der Waals surface area contributed by atoms with E-state index in [4.69, 9.17) is 19.5 Å². The molecule has 2 atom stereocenters. The molecule has 2 aromatic heterocycles. The lowest BCUT2D eigenvalue weighted by atomic mass is 10.2. The van der Waals surface area contributed by atoms with E-state index in [1.165, 1.54) is 12.1 Å². The second-order valence-electron chi connectivity index (χ2n) is 5.62. The predicted octanol–water partition coefficient (Wildman–Crippen LogP) is 3.47. The van der Waals surface area contributed by atoms with Crippen LogP contribution in [0, 0.1) is 3.70 Å². The molecule has 0 saturated carbocycles. The van der Waals surface area contributed by atoms with Crippen LogP contribution in [0.4, 0.5) is 5.82 Å². The summed E-state index contributed by atoms with van der Waals surface area (Å²) in [6.07, 6.45) is 4.19. The number of halogens is 1. The molecule has 0 spiro atoms. The number of hydrogen-bond donors (Lipinski definition) is 1. The van der Waals surface area contributed by atoms with Crippen molar-refractivity contribution in [3.63, 3.8) is 0 Å². The van der Waals surface area contributed by atoms with E-state index in [1.807, 2.05) is 0 Å². The molecular weight excluding hydrogens is 472 g/mol. The van der Waals surface area contributed by atoms with Crippen molar-refractivity contribution in [2.24, 2.45) is 0 Å². The smallest absolute Gasteiger partial charge is 0.353 e. The minimum absolute atomic E-state index is 0.203. The van der Waals surface area contributed by atoms with Crippen molar-refractivity contribution in [3.8, 4) is 0 Å². The zero-order valence-electron chi connectivity index (χ0n) is 14.5. The maximum Gasteiger partial charge on any atom is 0.353 e. The molecule has 0 aliphatic carbocycles. The Kier molecular flexibility index (Phi) is 6.29. The number of nitrogens with two attached hydrogens (primary N) is 1. The van der Waals surface area contributed by atoms with Crippen molar-refractivity contribution in [1.29, 1.82) is 0 Å². The minimum atomic E-state index is -3.23. The number of fused-ring (bicyclic) bond motifs is 1. The van der Waals surface area contributed by atoms with Crippen molar-refractivity contribution < 1.29 is 18.3 Å². The molecule has 0 aromatic carbocycles. The van der Waals surface area contributed by atoms with Crippen LogP contribution in [-0.2, 0) is 18.3 Å². The zero-order chi connectivity index (χ0) is 18.7. The van der Waals surface area contributed by atoms with E-state index < -0.39 is 7.60 Å². The average Bonchev–Trinajstić information content (AvgIpc) is 3.19. The quantitative estimate of drug-likeness (QED) is 0.461. The number of nitrogens with zero attached hydrogens (tertiary/aromatic N) is 4. The van der Waals surface area contributed by atoms with E-state index >= 15 is 0 Å². The molecule has 0 radical (unpaired) electrons. The fourth-order valence-corrected chi connectivity index (χ4v) is 4.92. The molecule has 26 heavy (non-hydrogen) atoms. The average molecular weight is 493 g/mol. The number of aromatic nitrogens is 4. The molecule has 1 fully saturated rings. The normalized spacial score (nSPS) is 21.2. The van der Waals surface area contributed by atoms with Gasteiger partial charge < -0.3 is 19.5 Å². The summed E-state index contributed by atoms with van der Waals surface area (Å²) in [5.41, 5.74) is 6.57. The molecule has 2 N–H and O–H groups in total. The molecule has 1 aliphatic rings. The standard InChI is InChI=1S/C15H21IN5O4P/c1-3-23-26(22,24-4-2)8-7-10-5-6-11(25-10)21-15-12(13(16)20-21)14(17)18-9-19-15/h7-11H,3-6H2,1-2H3,(H2,17,18,19)/b8-7+/t10-,11+/m0/s1. The first-order valence-corrected chi connectivity index (χ1v) is 11.0. The van der Waals surface area contributed by atoms with Crippen LogP contribution in [0.15, 0.2) is 18.2 Å². The molecule has 9 nitrogen and oxygen atoms in total. The third kappa shape index (κ3) is 4.09. The summed E-state index contributed by atoms with van der Waals surface area (Å²) in [6, 6.07) is 0. The molecular formula is C15H21IN5O4P. The summed E-state index contributed by atoms with van der Waals surface area (Å²) in [4.78, 5) is 8.30. The van der Waals surface area contributed by atoms with Crippen molar-refractivity contribution >= 4 is 47.0 Å². The van der Waals surface area contributed by atoms with Gasteiger partial charge in [0.2, 0.25) is 0 Å². The third-order valence-corrected chi connectivity index (χ3v) is 6.41. The fraction of sp³-hybridized carbons (Fsp3) is 0.533. The summed E-state index contributed by atoms with van der Waals surface area (Å²) in [5, 5.41) is 5.23. The van der Waals surface area contributed by atoms with Crippen LogP contribution in [0.2, 0.25) is 0 Å². The maximum atomic E-state index is 12.5. The Morgan fingerprint density at radius 2 is 2.12 bits per heavy atom. The summed E-state index contributed by atoms with van der Waals surface area (Å²) in [6.45, 7) is 4.18. The van der Waals surface area contributed by atoms with Crippen LogP contribution in [-0.4, -0.2) is 39.1 Å². The number of hydrogen-bond acceptors (Lipinski definition) is 8. The first-order chi connectivity index (χ1) is 12.5. The van der Waals surface area contributed by atoms with Gasteiger partial charge in [0.1, 0.15) is 15.8 Å². The molecule has 0 amide bonds. The SMILES string of the molecule is CCOP(=O)(/C=C/[C@@H]1CC[C@H](n2nc(I)c3c(N)ncnc32)O1)OCC. The molecule has 1 aliphatic heterocycles. The highest BCUT2D eigenvalue weighted by atomic mass is 127. The van der Waals surface area contributed by atoms with Gasteiger partial charge in [-0.15, -0.1) is 0 Å². The van der Waals surface area contributed by atoms with Gasteiger partial charge in [-0.1, -0.05) is 0 Å². The summed E-state index contributed by atoms with van der Waals surface area (Å²) < 4.78 is 31.5. The van der Waals surface area contributed by atoms with Crippen LogP contribution in [0.3, 0.4) is 0 Å². The predicted molar refractivity (Wildman–Crippen MR) is 106 cm³/mol. The third-order valence-electron chi connectivity index (χ3n) is 3.88. The van der Waals surface area contributed by atoms with Gasteiger partial charge in [0.05, 0.1) is 24.7 Å². The Balaban J connectivity index is 1.76. The summed E-state index contributed by atoms with van der Waals surface area (Å²) in [5.74, 6) is 1.88. The Bertz CT molecular complexity index is 848. The second kappa shape index (κ2) is 8.30. The Morgan fingerprint density at radius 1 is 1.38 bits per heavy atom. The van der Waals surface area contributed by atoms with Crippen LogP contribution >= 0.6 is 30.2 Å². The molecule has 3 rings (SSSR count). The van der Waals surface area contributed by atoms with E-state index in [0.29, 0.717) is 24.7 Å². The van der Waals surface area contributed by atoms with Crippen molar-refractivity contribution in [2.45, 2.75) is 39.0 Å². The monoisotopic (exact) mass is 493 g/mol. The van der Waals surface area contributed by atoms with E-state index in [9.17, 15) is 4.57 Å². The summed E-state index contributed by atoms with van der Waals surface area (Å²) >= 11 is 2.11. The number of ether oxygens (including phenoxy) is 1. The lowest BCUT2D eigenvalue weighted by molar-refractivity contribution is 0.0177. The first-order valence-electron chi connectivity index (χ1n) is 8.35. The van der Waals surface area contributed by atoms with Crippen molar-refractivity contribution in [3.05, 3.63) is 21.9 Å². The largest absolute Gasteiger partial charge is 0.383 e. The first kappa shape index (κ1) is 19.7. The van der Waals surface area contributed by atoms with Crippen molar-refractivity contribution in [1.82, 2.24) is 19.7 Å². The fourth-order valence-electron chi connectivity index (χ4n) is 2.80. The molecule has 2 aromatic rings. The zero-order valence-corrected chi connectivity index (χ0v) is 17.6. The highest BCUT2D eigenvalue weighted by Gasteiger charge is 2.29. The summed E-state index contributed by atoms with van der Waals surface area (Å²) in [7, 11) is -3.23. The molecule has 0 bridgehead atoms. The molecule has 142 valence electrons. The van der Waals surface area contributed by atoms with Gasteiger partial charge in [0, 0.05) is 5.82 Å². The Morgan fingerprint density at radius 3 is 2.81 bits per heavy atom. The van der Waals surface area contributed by atoms with Crippen LogP contribution in [0.25, 0.3) is 11.0 Å². The van der Waals surface area contributed by atoms with Crippen LogP contribution in [0.1, 0.15) is 32.9 Å². The van der Waals surface area contributed by atoms with E-state index in [-0.39, 0.29) is 12.3 Å². The number of rotatable bonds is 7. The number of anilines is 1. The van der Waals surface area contributed by atoms with Gasteiger partial charge in [-0.05, 0) is 55.4 Å². The van der Waals surface area contributed by atoms with Gasteiger partial charge >= 0.3 is 7.60 Å². The highest BCUT2D eigenvalue weighted by Crippen LogP contribution is 2.50. The Hall–Kier alpha value is -1.07. The van der Waals surface area contributed by atoms with E-state index in [1.54, 1.807) is 24.6 Å². The molecule has 0 unspecified atom stereocenters. The van der Waals surface area contributed by atoms with Crippen molar-refractivity contribution in [2.75, 3.05) is 18.9 Å². The molecule has 11 heteroatoms. The molecule has 1 saturated heterocycles. The Labute approximate surface area is 165 Å². The lowest BCUT2D eigenvalue weighted by Crippen LogP contribution is -2.12. The molecule has 3 heterocycles. The van der Waals surface area contributed by atoms with Crippen LogP contribution < -0.4 is 5.73 Å². The highest BCUT2D eigenvalue weighted by molar-refractivity contribution is 14.1. The maximum absolute atomic E-state index is 12.5. The van der Waals surface area contributed by atoms with Gasteiger partial charge in [-0.25, -0.2) is 14.6 Å². The van der Waals surface area contributed by atoms with Gasteiger partial charge in [-0.3, -0.25) is 4.57 Å². The van der Waals surface area contributed by atoms with Gasteiger partial charge in [0.15, 0.2) is 11.9 Å². The van der Waals surface area contributed by atoms with E-state index in [2.05, 4.69) is 37.7 Å². The van der Waals surface area contributed by atoms with E-state index in [0.717, 1.165) is 21.9 Å². The second-order valence-corrected chi connectivity index (χ2v) is 8.53. The minimum Gasteiger partial charge on any atom is -0.383 e. The van der Waals surface area contributed by atoms with Crippen LogP contribution in [0.5, 0.6) is 0 Å². The van der Waals surface area contributed by atoms with Gasteiger partial charge in [0.25, 0.3) is 0 Å².